The summed E-state index contributed by atoms with van der Waals surface area (Å²) in [6.07, 6.45) is 2.00. The lowest BCUT2D eigenvalue weighted by Crippen LogP contribution is -2.23. The Balaban J connectivity index is 1.67. The molecule has 0 atom stereocenters. The van der Waals surface area contributed by atoms with Gasteiger partial charge in [-0.2, -0.15) is 0 Å². The highest BCUT2D eigenvalue weighted by molar-refractivity contribution is 7.99. The molecule has 0 aliphatic rings. The van der Waals surface area contributed by atoms with Gasteiger partial charge in [0.25, 0.3) is 5.56 Å². The molecule has 3 aromatic carbocycles. The molecule has 174 valence electrons. The Morgan fingerprint density at radius 2 is 1.74 bits per heavy atom. The summed E-state index contributed by atoms with van der Waals surface area (Å²) in [7, 11) is 3.09. The smallest absolute Gasteiger partial charge is 0.266 e. The van der Waals surface area contributed by atoms with Gasteiger partial charge in [-0.05, 0) is 54.8 Å². The van der Waals surface area contributed by atoms with Gasteiger partial charge < -0.3 is 14.8 Å². The van der Waals surface area contributed by atoms with Crippen molar-refractivity contribution in [3.8, 4) is 17.2 Å². The molecule has 0 radical (unpaired) electrons. The monoisotopic (exact) mass is 493 g/mol. The van der Waals surface area contributed by atoms with E-state index in [1.165, 1.54) is 23.4 Å². The predicted octanol–water partition coefficient (Wildman–Crippen LogP) is 4.86. The second kappa shape index (κ2) is 10.7. The molecule has 1 heterocycles. The molecule has 4 rings (SSSR count). The molecule has 0 fully saturated rings. The lowest BCUT2D eigenvalue weighted by Gasteiger charge is -2.15. The second-order valence-corrected chi connectivity index (χ2v) is 8.98. The maximum absolute atomic E-state index is 13.4. The molecule has 4 aromatic rings. The third-order valence-electron chi connectivity index (χ3n) is 5.08. The number of hydrogen-bond donors (Lipinski definition) is 1. The molecule has 0 aliphatic heterocycles. The number of anilines is 1. The lowest BCUT2D eigenvalue weighted by atomic mass is 10.2. The number of aromatic nitrogens is 2. The molecule has 0 saturated carbocycles. The Kier molecular flexibility index (Phi) is 7.44. The molecule has 0 aliphatic carbocycles. The lowest BCUT2D eigenvalue weighted by molar-refractivity contribution is -0.113. The number of carbonyl (C=O) groups excluding carboxylic acids is 1. The van der Waals surface area contributed by atoms with Crippen LogP contribution in [0.3, 0.4) is 0 Å². The maximum Gasteiger partial charge on any atom is 0.266 e. The van der Waals surface area contributed by atoms with Crippen LogP contribution < -0.4 is 20.3 Å². The first-order valence-electron chi connectivity index (χ1n) is 10.3. The number of methoxy groups -OCH3 is 2. The first kappa shape index (κ1) is 23.7. The molecule has 0 unspecified atom stereocenters. The Morgan fingerprint density at radius 1 is 1.00 bits per heavy atom. The molecule has 0 bridgehead atoms. The first-order chi connectivity index (χ1) is 16.5. The van der Waals surface area contributed by atoms with Crippen molar-refractivity contribution in [2.24, 2.45) is 0 Å². The van der Waals surface area contributed by atoms with Crippen LogP contribution in [0, 0.1) is 0 Å². The van der Waals surface area contributed by atoms with Crippen LogP contribution in [0.5, 0.6) is 11.5 Å². The van der Waals surface area contributed by atoms with Crippen LogP contribution in [0.4, 0.5) is 5.69 Å². The van der Waals surface area contributed by atoms with Gasteiger partial charge in [-0.25, -0.2) is 4.98 Å². The summed E-state index contributed by atoms with van der Waals surface area (Å²) in [4.78, 5) is 31.9. The Bertz CT molecular complexity index is 1390. The molecule has 0 spiro atoms. The summed E-state index contributed by atoms with van der Waals surface area (Å²) >= 11 is 2.83. The predicted molar refractivity (Wildman–Crippen MR) is 138 cm³/mol. The third-order valence-corrected chi connectivity index (χ3v) is 6.76. The molecular formula is C25H23N3O4S2. The highest BCUT2D eigenvalue weighted by Gasteiger charge is 2.16. The molecule has 1 aromatic heterocycles. The van der Waals surface area contributed by atoms with Gasteiger partial charge in [-0.15, -0.1) is 11.8 Å². The van der Waals surface area contributed by atoms with Crippen LogP contribution in [-0.4, -0.2) is 41.7 Å². The summed E-state index contributed by atoms with van der Waals surface area (Å²) in [5, 5.41) is 3.78. The standard InChI is InChI=1S/C25H23N3O4S2/c1-31-21-13-10-17(14-22(21)32-2)28-24(30)19-6-4-5-7-20(19)27-25(28)34-15-23(29)26-16-8-11-18(33-3)12-9-16/h4-14H,15H2,1-3H3,(H,26,29). The number of carbonyl (C=O) groups is 1. The van der Waals surface area contributed by atoms with E-state index in [0.29, 0.717) is 38.9 Å². The van der Waals surface area contributed by atoms with Crippen LogP contribution in [0.2, 0.25) is 0 Å². The van der Waals surface area contributed by atoms with E-state index in [9.17, 15) is 9.59 Å². The number of thioether (sulfide) groups is 2. The molecule has 1 amide bonds. The van der Waals surface area contributed by atoms with Crippen molar-refractivity contribution in [1.82, 2.24) is 9.55 Å². The van der Waals surface area contributed by atoms with Crippen molar-refractivity contribution in [2.75, 3.05) is 31.5 Å². The van der Waals surface area contributed by atoms with Crippen molar-refractivity contribution in [3.63, 3.8) is 0 Å². The van der Waals surface area contributed by atoms with Crippen molar-refractivity contribution in [3.05, 3.63) is 77.1 Å². The quantitative estimate of drug-likeness (QED) is 0.277. The van der Waals surface area contributed by atoms with Crippen LogP contribution in [0.15, 0.2) is 81.6 Å². The van der Waals surface area contributed by atoms with Gasteiger partial charge in [0, 0.05) is 16.6 Å². The van der Waals surface area contributed by atoms with E-state index in [0.717, 1.165) is 4.90 Å². The van der Waals surface area contributed by atoms with Crippen molar-refractivity contribution >= 4 is 46.0 Å². The van der Waals surface area contributed by atoms with Gasteiger partial charge >= 0.3 is 0 Å². The van der Waals surface area contributed by atoms with Crippen LogP contribution in [0.1, 0.15) is 0 Å². The van der Waals surface area contributed by atoms with E-state index in [1.54, 1.807) is 55.3 Å². The molecular weight excluding hydrogens is 470 g/mol. The molecule has 1 N–H and O–H groups in total. The highest BCUT2D eigenvalue weighted by atomic mass is 32.2. The first-order valence-corrected chi connectivity index (χ1v) is 12.6. The van der Waals surface area contributed by atoms with Gasteiger partial charge in [0.15, 0.2) is 16.7 Å². The van der Waals surface area contributed by atoms with E-state index in [-0.39, 0.29) is 17.2 Å². The number of fused-ring (bicyclic) bond motifs is 1. The number of benzene rings is 3. The summed E-state index contributed by atoms with van der Waals surface area (Å²) in [6, 6.07) is 20.0. The van der Waals surface area contributed by atoms with Gasteiger partial charge in [0.2, 0.25) is 5.91 Å². The van der Waals surface area contributed by atoms with E-state index in [4.69, 9.17) is 9.47 Å². The van der Waals surface area contributed by atoms with Crippen molar-refractivity contribution < 1.29 is 14.3 Å². The SMILES string of the molecule is COc1ccc(-n2c(SCC(=O)Nc3ccc(SC)cc3)nc3ccccc3c2=O)cc1OC. The average Bonchev–Trinajstić information content (AvgIpc) is 2.87. The Labute approximate surface area is 205 Å². The third kappa shape index (κ3) is 5.05. The van der Waals surface area contributed by atoms with Gasteiger partial charge in [-0.1, -0.05) is 23.9 Å². The number of hydrogen-bond acceptors (Lipinski definition) is 7. The topological polar surface area (TPSA) is 82.5 Å². The fourth-order valence-electron chi connectivity index (χ4n) is 3.40. The minimum Gasteiger partial charge on any atom is -0.493 e. The fourth-order valence-corrected chi connectivity index (χ4v) is 4.62. The van der Waals surface area contributed by atoms with E-state index in [2.05, 4.69) is 10.3 Å². The van der Waals surface area contributed by atoms with Gasteiger partial charge in [-0.3, -0.25) is 14.2 Å². The summed E-state index contributed by atoms with van der Waals surface area (Å²) in [5.41, 5.74) is 1.62. The molecule has 9 heteroatoms. The molecule has 34 heavy (non-hydrogen) atoms. The fraction of sp³-hybridized carbons (Fsp3) is 0.160. The normalized spacial score (nSPS) is 10.8. The average molecular weight is 494 g/mol. The number of amides is 1. The molecule has 0 saturated heterocycles. The zero-order valence-electron chi connectivity index (χ0n) is 18.9. The number of ether oxygens (including phenoxy) is 2. The van der Waals surface area contributed by atoms with Crippen molar-refractivity contribution in [2.45, 2.75) is 10.1 Å². The van der Waals surface area contributed by atoms with E-state index >= 15 is 0 Å². The minimum atomic E-state index is -0.228. The van der Waals surface area contributed by atoms with Crippen LogP contribution >= 0.6 is 23.5 Å². The zero-order valence-corrected chi connectivity index (χ0v) is 20.5. The van der Waals surface area contributed by atoms with Crippen molar-refractivity contribution in [1.29, 1.82) is 0 Å². The number of rotatable bonds is 8. The van der Waals surface area contributed by atoms with Gasteiger partial charge in [0.05, 0.1) is 36.6 Å². The molecule has 7 nitrogen and oxygen atoms in total. The number of nitrogens with zero attached hydrogens (tertiary/aromatic N) is 2. The van der Waals surface area contributed by atoms with E-state index < -0.39 is 0 Å². The highest BCUT2D eigenvalue weighted by Crippen LogP contribution is 2.30. The van der Waals surface area contributed by atoms with E-state index in [1.807, 2.05) is 36.6 Å². The van der Waals surface area contributed by atoms with Crippen LogP contribution in [-0.2, 0) is 4.79 Å². The minimum absolute atomic E-state index is 0.0857. The summed E-state index contributed by atoms with van der Waals surface area (Å²) in [6.45, 7) is 0. The number of nitrogens with one attached hydrogen (secondary N) is 1. The maximum atomic E-state index is 13.4. The number of para-hydroxylation sites is 1. The van der Waals surface area contributed by atoms with Gasteiger partial charge in [0.1, 0.15) is 0 Å². The Morgan fingerprint density at radius 3 is 2.44 bits per heavy atom. The Hall–Kier alpha value is -3.43. The van der Waals surface area contributed by atoms with Crippen LogP contribution in [0.25, 0.3) is 16.6 Å². The second-order valence-electron chi connectivity index (χ2n) is 7.16. The summed E-state index contributed by atoms with van der Waals surface area (Å²) in [5.74, 6) is 0.933. The zero-order chi connectivity index (χ0) is 24.1. The largest absolute Gasteiger partial charge is 0.493 e. The summed E-state index contributed by atoms with van der Waals surface area (Å²) < 4.78 is 12.2.